The van der Waals surface area contributed by atoms with E-state index in [0.29, 0.717) is 11.3 Å². The summed E-state index contributed by atoms with van der Waals surface area (Å²) in [6.07, 6.45) is 0. The first-order valence-corrected chi connectivity index (χ1v) is 6.33. The Morgan fingerprint density at radius 3 is 2.71 bits per heavy atom. The number of hydrogen-bond donors (Lipinski definition) is 1. The number of nitro benzene ring substituents is 1. The second-order valence-electron chi connectivity index (χ2n) is 4.08. The molecule has 0 bridgehead atoms. The zero-order valence-corrected chi connectivity index (χ0v) is 11.8. The van der Waals surface area contributed by atoms with Crippen molar-refractivity contribution in [2.24, 2.45) is 0 Å². The lowest BCUT2D eigenvalue weighted by molar-refractivity contribution is -0.385. The fraction of sp³-hybridized carbons (Fsp3) is 0.143. The molecule has 1 N–H and O–H groups in total. The number of aliphatic hydroxyl groups excluding tert-OH is 1. The molecule has 0 aliphatic rings. The van der Waals surface area contributed by atoms with E-state index < -0.39 is 4.92 Å². The van der Waals surface area contributed by atoms with Crippen LogP contribution in [0.1, 0.15) is 5.56 Å². The second-order valence-corrected chi connectivity index (χ2v) is 4.49. The van der Waals surface area contributed by atoms with Crippen LogP contribution in [0.15, 0.2) is 36.4 Å². The van der Waals surface area contributed by atoms with Crippen molar-refractivity contribution in [3.05, 3.63) is 57.1 Å². The fourth-order valence-electron chi connectivity index (χ4n) is 1.76. The van der Waals surface area contributed by atoms with Gasteiger partial charge >= 0.3 is 5.69 Å². The van der Waals surface area contributed by atoms with E-state index in [-0.39, 0.29) is 28.8 Å². The predicted molar refractivity (Wildman–Crippen MR) is 77.1 cm³/mol. The Kier molecular flexibility index (Phi) is 4.62. The number of nitrogens with zero attached hydrogens (tertiary/aromatic N) is 1. The third-order valence-corrected chi connectivity index (χ3v) is 3.09. The van der Waals surface area contributed by atoms with Gasteiger partial charge in [0.15, 0.2) is 5.75 Å². The summed E-state index contributed by atoms with van der Waals surface area (Å²) in [5, 5.41) is 20.6. The molecule has 0 aliphatic carbocycles. The van der Waals surface area contributed by atoms with Gasteiger partial charge in [-0.15, -0.1) is 0 Å². The summed E-state index contributed by atoms with van der Waals surface area (Å²) in [6, 6.07) is 8.98. The van der Waals surface area contributed by atoms with Crippen LogP contribution < -0.4 is 9.47 Å². The Hall–Kier alpha value is -2.31. The Labute approximate surface area is 125 Å². The Balaban J connectivity index is 2.50. The molecule has 0 amide bonds. The van der Waals surface area contributed by atoms with Crippen molar-refractivity contribution in [3.63, 3.8) is 0 Å². The third kappa shape index (κ3) is 3.24. The lowest BCUT2D eigenvalue weighted by atomic mass is 10.2. The number of hydrogen-bond acceptors (Lipinski definition) is 5. The van der Waals surface area contributed by atoms with E-state index in [0.717, 1.165) is 0 Å². The summed E-state index contributed by atoms with van der Waals surface area (Å²) < 4.78 is 10.6. The van der Waals surface area contributed by atoms with Crippen molar-refractivity contribution >= 4 is 17.3 Å². The summed E-state index contributed by atoms with van der Waals surface area (Å²) in [6.45, 7) is -0.298. The smallest absolute Gasteiger partial charge is 0.311 e. The van der Waals surface area contributed by atoms with Crippen LogP contribution in [0.4, 0.5) is 5.69 Å². The molecule has 2 aromatic carbocycles. The topological polar surface area (TPSA) is 81.8 Å². The molecule has 0 saturated heterocycles. The van der Waals surface area contributed by atoms with Crippen LogP contribution in [0.2, 0.25) is 5.02 Å². The van der Waals surface area contributed by atoms with Gasteiger partial charge in [0.05, 0.1) is 23.7 Å². The van der Waals surface area contributed by atoms with Crippen LogP contribution in [0, 0.1) is 10.1 Å². The molecule has 0 aromatic heterocycles. The molecular formula is C14H12ClNO5. The number of benzene rings is 2. The molecule has 0 aliphatic heterocycles. The van der Waals surface area contributed by atoms with E-state index >= 15 is 0 Å². The first-order valence-electron chi connectivity index (χ1n) is 5.95. The van der Waals surface area contributed by atoms with Crippen LogP contribution in [0.25, 0.3) is 0 Å². The lowest BCUT2D eigenvalue weighted by Crippen LogP contribution is -1.97. The molecule has 0 radical (unpaired) electrons. The summed E-state index contributed by atoms with van der Waals surface area (Å²) in [5.74, 6) is 0.577. The number of aliphatic hydroxyl groups is 1. The molecule has 0 unspecified atom stereocenters. The number of para-hydroxylation sites is 1. The summed E-state index contributed by atoms with van der Waals surface area (Å²) in [5.41, 5.74) is 0.208. The molecular weight excluding hydrogens is 298 g/mol. The normalized spacial score (nSPS) is 10.2. The molecule has 2 aromatic rings. The molecule has 110 valence electrons. The van der Waals surface area contributed by atoms with E-state index in [4.69, 9.17) is 21.1 Å². The Morgan fingerprint density at radius 1 is 1.33 bits per heavy atom. The van der Waals surface area contributed by atoms with Gasteiger partial charge < -0.3 is 14.6 Å². The highest BCUT2D eigenvalue weighted by atomic mass is 35.5. The summed E-state index contributed by atoms with van der Waals surface area (Å²) >= 11 is 6.03. The molecule has 6 nitrogen and oxygen atoms in total. The maximum Gasteiger partial charge on any atom is 0.311 e. The SMILES string of the molecule is COc1ccc([N+](=O)[O-])c(Oc2c(Cl)cccc2CO)c1. The monoisotopic (exact) mass is 309 g/mol. The van der Waals surface area contributed by atoms with Crippen LogP contribution in [-0.4, -0.2) is 17.1 Å². The average molecular weight is 310 g/mol. The van der Waals surface area contributed by atoms with Crippen LogP contribution in [-0.2, 0) is 6.61 Å². The minimum absolute atomic E-state index is 0.0119. The van der Waals surface area contributed by atoms with Crippen molar-refractivity contribution < 1.29 is 19.5 Å². The first-order chi connectivity index (χ1) is 10.1. The Bertz CT molecular complexity index is 674. The number of methoxy groups -OCH3 is 1. The Morgan fingerprint density at radius 2 is 2.10 bits per heavy atom. The third-order valence-electron chi connectivity index (χ3n) is 2.79. The molecule has 0 heterocycles. The quantitative estimate of drug-likeness (QED) is 0.674. The standard InChI is InChI=1S/C14H12ClNO5/c1-20-10-5-6-12(16(18)19)13(7-10)21-14-9(8-17)3-2-4-11(14)15/h2-7,17H,8H2,1H3. The van der Waals surface area contributed by atoms with Crippen molar-refractivity contribution in [1.82, 2.24) is 0 Å². The van der Waals surface area contributed by atoms with Gasteiger partial charge in [0.2, 0.25) is 5.75 Å². The number of nitro groups is 1. The number of ether oxygens (including phenoxy) is 2. The zero-order chi connectivity index (χ0) is 15.4. The average Bonchev–Trinajstić information content (AvgIpc) is 2.48. The highest BCUT2D eigenvalue weighted by Gasteiger charge is 2.19. The van der Waals surface area contributed by atoms with E-state index in [2.05, 4.69) is 0 Å². The van der Waals surface area contributed by atoms with E-state index in [1.165, 1.54) is 25.3 Å². The molecule has 2 rings (SSSR count). The largest absolute Gasteiger partial charge is 0.497 e. The van der Waals surface area contributed by atoms with Gasteiger partial charge in [0, 0.05) is 17.7 Å². The van der Waals surface area contributed by atoms with Crippen molar-refractivity contribution in [1.29, 1.82) is 0 Å². The first kappa shape index (κ1) is 15.1. The van der Waals surface area contributed by atoms with Gasteiger partial charge in [-0.25, -0.2) is 0 Å². The fourth-order valence-corrected chi connectivity index (χ4v) is 1.99. The lowest BCUT2D eigenvalue weighted by Gasteiger charge is -2.12. The molecule has 0 saturated carbocycles. The van der Waals surface area contributed by atoms with Gasteiger partial charge in [-0.05, 0) is 12.1 Å². The summed E-state index contributed by atoms with van der Waals surface area (Å²) in [7, 11) is 1.44. The second kappa shape index (κ2) is 6.43. The van der Waals surface area contributed by atoms with Crippen LogP contribution in [0.5, 0.6) is 17.2 Å². The molecule has 7 heteroatoms. The number of halogens is 1. The van der Waals surface area contributed by atoms with Gasteiger partial charge in [-0.2, -0.15) is 0 Å². The maximum absolute atomic E-state index is 11.1. The maximum atomic E-state index is 11.1. The number of rotatable bonds is 5. The van der Waals surface area contributed by atoms with Crippen LogP contribution >= 0.6 is 11.6 Å². The predicted octanol–water partition coefficient (Wildman–Crippen LogP) is 3.54. The van der Waals surface area contributed by atoms with Crippen molar-refractivity contribution in [2.45, 2.75) is 6.61 Å². The van der Waals surface area contributed by atoms with E-state index in [9.17, 15) is 15.2 Å². The van der Waals surface area contributed by atoms with Gasteiger partial charge in [0.1, 0.15) is 5.75 Å². The van der Waals surface area contributed by atoms with E-state index in [1.54, 1.807) is 18.2 Å². The molecule has 0 atom stereocenters. The molecule has 21 heavy (non-hydrogen) atoms. The minimum atomic E-state index is -0.565. The molecule has 0 spiro atoms. The molecule has 0 fully saturated rings. The highest BCUT2D eigenvalue weighted by Crippen LogP contribution is 2.38. The van der Waals surface area contributed by atoms with Gasteiger partial charge in [-0.3, -0.25) is 10.1 Å². The van der Waals surface area contributed by atoms with E-state index in [1.807, 2.05) is 0 Å². The van der Waals surface area contributed by atoms with Gasteiger partial charge in [0.25, 0.3) is 0 Å². The summed E-state index contributed by atoms with van der Waals surface area (Å²) in [4.78, 5) is 10.5. The van der Waals surface area contributed by atoms with Crippen molar-refractivity contribution in [3.8, 4) is 17.2 Å². The van der Waals surface area contributed by atoms with Gasteiger partial charge in [-0.1, -0.05) is 23.7 Å². The zero-order valence-electron chi connectivity index (χ0n) is 11.1. The van der Waals surface area contributed by atoms with Crippen molar-refractivity contribution in [2.75, 3.05) is 7.11 Å². The highest BCUT2D eigenvalue weighted by molar-refractivity contribution is 6.32. The van der Waals surface area contributed by atoms with Crippen LogP contribution in [0.3, 0.4) is 0 Å². The minimum Gasteiger partial charge on any atom is -0.497 e.